The van der Waals surface area contributed by atoms with Crippen molar-refractivity contribution in [1.82, 2.24) is 5.32 Å². The zero-order chi connectivity index (χ0) is 17.6. The van der Waals surface area contributed by atoms with Crippen molar-refractivity contribution in [3.63, 3.8) is 0 Å². The fourth-order valence-electron chi connectivity index (χ4n) is 4.55. The minimum absolute atomic E-state index is 0.0164. The van der Waals surface area contributed by atoms with Gasteiger partial charge in [0.25, 0.3) is 0 Å². The Morgan fingerprint density at radius 2 is 2.24 bits per heavy atom. The predicted octanol–water partition coefficient (Wildman–Crippen LogP) is 2.73. The van der Waals surface area contributed by atoms with Gasteiger partial charge in [-0.1, -0.05) is 19.0 Å². The second-order valence-electron chi connectivity index (χ2n) is 7.77. The molecular weight excluding hydrogens is 323 g/mol. The van der Waals surface area contributed by atoms with Gasteiger partial charge in [-0.3, -0.25) is 0 Å². The van der Waals surface area contributed by atoms with Gasteiger partial charge in [0.05, 0.1) is 18.9 Å². The highest BCUT2D eigenvalue weighted by Crippen LogP contribution is 2.52. The number of hydrogen-bond acceptors (Lipinski definition) is 5. The third kappa shape index (κ3) is 2.81. The normalized spacial score (nSPS) is 32.6. The van der Waals surface area contributed by atoms with Crippen LogP contribution in [0.1, 0.15) is 32.3 Å². The highest BCUT2D eigenvalue weighted by molar-refractivity contribution is 6.01. The van der Waals surface area contributed by atoms with Crippen molar-refractivity contribution >= 4 is 5.71 Å². The highest BCUT2D eigenvalue weighted by atomic mass is 19.1. The monoisotopic (exact) mass is 348 g/mol. The smallest absolute Gasteiger partial charge is 0.165 e. The third-order valence-electron chi connectivity index (χ3n) is 5.88. The van der Waals surface area contributed by atoms with E-state index in [0.29, 0.717) is 24.5 Å². The molecule has 2 heterocycles. The molecule has 2 aliphatic heterocycles. The van der Waals surface area contributed by atoms with Crippen LogP contribution in [0, 0.1) is 17.2 Å². The third-order valence-corrected chi connectivity index (χ3v) is 5.88. The molecule has 1 saturated heterocycles. The highest BCUT2D eigenvalue weighted by Gasteiger charge is 2.59. The summed E-state index contributed by atoms with van der Waals surface area (Å²) in [7, 11) is 1.46. The summed E-state index contributed by atoms with van der Waals surface area (Å²) in [6, 6.07) is 5.34. The Morgan fingerprint density at radius 3 is 3.00 bits per heavy atom. The van der Waals surface area contributed by atoms with Crippen molar-refractivity contribution in [2.75, 3.05) is 20.3 Å². The Bertz CT molecular complexity index is 691. The van der Waals surface area contributed by atoms with Crippen molar-refractivity contribution < 1.29 is 18.7 Å². The number of benzene rings is 1. The van der Waals surface area contributed by atoms with Gasteiger partial charge in [-0.05, 0) is 24.6 Å². The number of rotatable bonds is 5. The molecule has 0 amide bonds. The fourth-order valence-corrected chi connectivity index (χ4v) is 4.55. The van der Waals surface area contributed by atoms with E-state index in [9.17, 15) is 4.39 Å². The number of nitrogens with zero attached hydrogens (tertiary/aromatic N) is 1. The molecule has 4 atom stereocenters. The van der Waals surface area contributed by atoms with E-state index in [1.165, 1.54) is 13.2 Å². The van der Waals surface area contributed by atoms with Crippen LogP contribution in [0.25, 0.3) is 0 Å². The van der Waals surface area contributed by atoms with E-state index in [-0.39, 0.29) is 23.1 Å². The molecule has 0 spiro atoms. The fraction of sp³-hybridized carbons (Fsp3) is 0.632. The molecule has 2 fully saturated rings. The topological polar surface area (TPSA) is 52.1 Å². The van der Waals surface area contributed by atoms with Crippen LogP contribution < -0.4 is 10.1 Å². The van der Waals surface area contributed by atoms with Crippen LogP contribution in [-0.2, 0) is 9.57 Å². The molecule has 1 aromatic rings. The number of nitrogens with one attached hydrogen (secondary N) is 1. The second kappa shape index (κ2) is 6.25. The average Bonchev–Trinajstić information content (AvgIpc) is 3.23. The van der Waals surface area contributed by atoms with E-state index < -0.39 is 0 Å². The number of halogens is 1. The summed E-state index contributed by atoms with van der Waals surface area (Å²) in [6.07, 6.45) is 2.17. The van der Waals surface area contributed by atoms with Gasteiger partial charge in [-0.25, -0.2) is 4.39 Å². The summed E-state index contributed by atoms with van der Waals surface area (Å²) in [5.74, 6) is 0.460. The van der Waals surface area contributed by atoms with E-state index in [1.54, 1.807) is 6.07 Å². The van der Waals surface area contributed by atoms with Gasteiger partial charge in [0.15, 0.2) is 11.6 Å². The van der Waals surface area contributed by atoms with E-state index in [0.717, 1.165) is 30.8 Å². The first kappa shape index (κ1) is 16.8. The van der Waals surface area contributed by atoms with Crippen molar-refractivity contribution in [2.24, 2.45) is 16.5 Å². The summed E-state index contributed by atoms with van der Waals surface area (Å²) < 4.78 is 24.7. The lowest BCUT2D eigenvalue weighted by atomic mass is 9.57. The molecule has 1 aliphatic carbocycles. The summed E-state index contributed by atoms with van der Waals surface area (Å²) in [5.41, 5.74) is 1.68. The van der Waals surface area contributed by atoms with Crippen molar-refractivity contribution in [3.05, 3.63) is 29.6 Å². The number of oxime groups is 1. The lowest BCUT2D eigenvalue weighted by Gasteiger charge is -2.55. The Hall–Kier alpha value is -1.66. The number of methoxy groups -OCH3 is 1. The van der Waals surface area contributed by atoms with Crippen LogP contribution in [0.3, 0.4) is 0 Å². The van der Waals surface area contributed by atoms with E-state index in [2.05, 4.69) is 24.3 Å². The second-order valence-corrected chi connectivity index (χ2v) is 7.77. The number of hydrogen-bond donors (Lipinski definition) is 1. The summed E-state index contributed by atoms with van der Waals surface area (Å²) >= 11 is 0. The standard InChI is InChI=1S/C19H25FN2O3/c1-19(2)17(13-6-7-24-18(13)19)21-10-12-9-15(22-25-12)11-4-5-16(23-3)14(20)8-11/h4-5,8,12-13,17-18,21H,6-7,9-10H2,1-3H3/t12?,13-,17?,18-/m0/s1. The number of fused-ring (bicyclic) bond motifs is 1. The van der Waals surface area contributed by atoms with Crippen LogP contribution >= 0.6 is 0 Å². The molecule has 25 heavy (non-hydrogen) atoms. The first-order valence-electron chi connectivity index (χ1n) is 8.92. The molecular formula is C19H25FN2O3. The number of ether oxygens (including phenoxy) is 2. The summed E-state index contributed by atoms with van der Waals surface area (Å²) in [6.45, 7) is 6.12. The van der Waals surface area contributed by atoms with Crippen LogP contribution in [0.2, 0.25) is 0 Å². The molecule has 0 bridgehead atoms. The predicted molar refractivity (Wildman–Crippen MR) is 92.4 cm³/mol. The molecule has 3 aliphatic rings. The van der Waals surface area contributed by atoms with Crippen LogP contribution in [0.15, 0.2) is 23.4 Å². The maximum Gasteiger partial charge on any atom is 0.165 e. The van der Waals surface area contributed by atoms with Gasteiger partial charge in [0, 0.05) is 42.5 Å². The van der Waals surface area contributed by atoms with Crippen molar-refractivity contribution in [2.45, 2.75) is 44.9 Å². The van der Waals surface area contributed by atoms with Crippen molar-refractivity contribution in [3.8, 4) is 5.75 Å². The van der Waals surface area contributed by atoms with Gasteiger partial charge in [-0.2, -0.15) is 0 Å². The molecule has 1 N–H and O–H groups in total. The largest absolute Gasteiger partial charge is 0.494 e. The Labute approximate surface area is 147 Å². The molecule has 5 nitrogen and oxygen atoms in total. The molecule has 4 rings (SSSR count). The van der Waals surface area contributed by atoms with Gasteiger partial charge >= 0.3 is 0 Å². The average molecular weight is 348 g/mol. The Kier molecular flexibility index (Phi) is 4.20. The molecule has 6 heteroatoms. The first-order chi connectivity index (χ1) is 12.0. The lowest BCUT2D eigenvalue weighted by molar-refractivity contribution is -0.114. The van der Waals surface area contributed by atoms with Gasteiger partial charge in [0.1, 0.15) is 6.10 Å². The summed E-state index contributed by atoms with van der Waals surface area (Å²) in [5, 5.41) is 7.81. The first-order valence-corrected chi connectivity index (χ1v) is 8.92. The van der Waals surface area contributed by atoms with Crippen LogP contribution in [-0.4, -0.2) is 44.2 Å². The molecule has 2 unspecified atom stereocenters. The molecule has 136 valence electrons. The van der Waals surface area contributed by atoms with Crippen LogP contribution in [0.4, 0.5) is 4.39 Å². The molecule has 0 aromatic heterocycles. The molecule has 1 saturated carbocycles. The lowest BCUT2D eigenvalue weighted by Crippen LogP contribution is -2.66. The Balaban J connectivity index is 1.33. The quantitative estimate of drug-likeness (QED) is 0.889. The van der Waals surface area contributed by atoms with E-state index in [4.69, 9.17) is 14.3 Å². The van der Waals surface area contributed by atoms with Gasteiger partial charge in [0.2, 0.25) is 0 Å². The minimum Gasteiger partial charge on any atom is -0.494 e. The van der Waals surface area contributed by atoms with E-state index >= 15 is 0 Å². The zero-order valence-electron chi connectivity index (χ0n) is 14.9. The zero-order valence-corrected chi connectivity index (χ0v) is 14.9. The molecule has 0 radical (unpaired) electrons. The summed E-state index contributed by atoms with van der Waals surface area (Å²) in [4.78, 5) is 5.56. The molecule has 1 aromatic carbocycles. The van der Waals surface area contributed by atoms with Crippen molar-refractivity contribution in [1.29, 1.82) is 0 Å². The van der Waals surface area contributed by atoms with Crippen LogP contribution in [0.5, 0.6) is 5.75 Å². The van der Waals surface area contributed by atoms with Gasteiger partial charge in [-0.15, -0.1) is 0 Å². The van der Waals surface area contributed by atoms with E-state index in [1.807, 2.05) is 6.07 Å². The SMILES string of the molecule is COc1ccc(C2=NOC(CNC3[C@@H]4CCO[C@@H]4C3(C)C)C2)cc1F. The van der Waals surface area contributed by atoms with Gasteiger partial charge < -0.3 is 19.6 Å². The minimum atomic E-state index is -0.382. The Morgan fingerprint density at radius 1 is 1.40 bits per heavy atom. The maximum absolute atomic E-state index is 13.9. The maximum atomic E-state index is 13.9.